The number of piperazine rings is 1. The van der Waals surface area contributed by atoms with E-state index >= 15 is 0 Å². The maximum absolute atomic E-state index is 13.9. The van der Waals surface area contributed by atoms with Crippen molar-refractivity contribution in [3.05, 3.63) is 35.4 Å². The van der Waals surface area contributed by atoms with Gasteiger partial charge >= 0.3 is 0 Å². The Labute approximate surface area is 139 Å². The van der Waals surface area contributed by atoms with Crippen molar-refractivity contribution in [1.82, 2.24) is 15.1 Å². The smallest absolute Gasteiger partial charge is 0.240 e. The molecule has 0 aromatic heterocycles. The summed E-state index contributed by atoms with van der Waals surface area (Å²) in [5.41, 5.74) is 0.500. The van der Waals surface area contributed by atoms with E-state index in [4.69, 9.17) is 0 Å². The maximum atomic E-state index is 13.9. The molecule has 7 heteroatoms. The third-order valence-electron chi connectivity index (χ3n) is 4.60. The van der Waals surface area contributed by atoms with Gasteiger partial charge in [-0.25, -0.2) is 8.78 Å². The normalized spacial score (nSPS) is 24.0. The highest BCUT2D eigenvalue weighted by atomic mass is 32.2. The van der Waals surface area contributed by atoms with Gasteiger partial charge in [0.2, 0.25) is 5.91 Å². The van der Waals surface area contributed by atoms with E-state index in [-0.39, 0.29) is 18.0 Å². The molecule has 2 aliphatic heterocycles. The van der Waals surface area contributed by atoms with Crippen LogP contribution in [-0.4, -0.2) is 59.6 Å². The Bertz CT molecular complexity index is 572. The highest BCUT2D eigenvalue weighted by Crippen LogP contribution is 2.25. The number of amides is 1. The van der Waals surface area contributed by atoms with Crippen LogP contribution < -0.4 is 5.32 Å². The maximum Gasteiger partial charge on any atom is 0.240 e. The predicted octanol–water partition coefficient (Wildman–Crippen LogP) is 1.83. The van der Waals surface area contributed by atoms with Crippen molar-refractivity contribution in [1.29, 1.82) is 0 Å². The number of nitrogens with one attached hydrogen (secondary N) is 1. The van der Waals surface area contributed by atoms with Gasteiger partial charge in [0.05, 0.1) is 6.04 Å². The first kappa shape index (κ1) is 16.7. The number of carbonyl (C=O) groups excluding carboxylic acids is 1. The summed E-state index contributed by atoms with van der Waals surface area (Å²) in [6.07, 6.45) is 0. The molecule has 1 aromatic carbocycles. The summed E-state index contributed by atoms with van der Waals surface area (Å²) >= 11 is 1.74. The standard InChI is InChI=1S/C16H21F2N3OS/c1-11(13-3-2-12(17)8-14(13)18)20-4-6-21(7-5-20)16(22)15-9-23-10-19-15/h2-3,8,11,15,19H,4-7,9-10H2,1H3. The third kappa shape index (κ3) is 3.67. The van der Waals surface area contributed by atoms with Crippen LogP contribution in [0.4, 0.5) is 8.78 Å². The number of hydrogen-bond donors (Lipinski definition) is 1. The van der Waals surface area contributed by atoms with E-state index < -0.39 is 11.6 Å². The van der Waals surface area contributed by atoms with E-state index in [1.807, 2.05) is 11.8 Å². The number of nitrogens with zero attached hydrogens (tertiary/aromatic N) is 2. The number of carbonyl (C=O) groups is 1. The lowest BCUT2D eigenvalue weighted by Crippen LogP contribution is -2.53. The van der Waals surface area contributed by atoms with Gasteiger partial charge in [-0.2, -0.15) is 0 Å². The van der Waals surface area contributed by atoms with Gasteiger partial charge in [0.1, 0.15) is 11.6 Å². The van der Waals surface area contributed by atoms with Crippen molar-refractivity contribution in [2.24, 2.45) is 0 Å². The first-order chi connectivity index (χ1) is 11.1. The van der Waals surface area contributed by atoms with Crippen LogP contribution in [0.1, 0.15) is 18.5 Å². The summed E-state index contributed by atoms with van der Waals surface area (Å²) in [5.74, 6) is 0.752. The lowest BCUT2D eigenvalue weighted by molar-refractivity contribution is -0.134. The molecule has 126 valence electrons. The Balaban J connectivity index is 1.58. The van der Waals surface area contributed by atoms with Crippen LogP contribution in [0.25, 0.3) is 0 Å². The second-order valence-corrected chi connectivity index (χ2v) is 7.01. The number of thioether (sulfide) groups is 1. The minimum atomic E-state index is -0.559. The molecule has 2 unspecified atom stereocenters. The fraction of sp³-hybridized carbons (Fsp3) is 0.562. The molecule has 2 atom stereocenters. The molecule has 0 bridgehead atoms. The van der Waals surface area contributed by atoms with Crippen LogP contribution >= 0.6 is 11.8 Å². The Morgan fingerprint density at radius 3 is 2.65 bits per heavy atom. The molecule has 3 rings (SSSR count). The zero-order valence-corrected chi connectivity index (χ0v) is 13.9. The summed E-state index contributed by atoms with van der Waals surface area (Å²) < 4.78 is 27.0. The Morgan fingerprint density at radius 1 is 1.30 bits per heavy atom. The van der Waals surface area contributed by atoms with E-state index in [0.717, 1.165) is 17.7 Å². The third-order valence-corrected chi connectivity index (χ3v) is 5.54. The van der Waals surface area contributed by atoms with Crippen molar-refractivity contribution in [2.45, 2.75) is 19.0 Å². The van der Waals surface area contributed by atoms with Gasteiger partial charge in [-0.3, -0.25) is 15.0 Å². The van der Waals surface area contributed by atoms with Crippen molar-refractivity contribution >= 4 is 17.7 Å². The van der Waals surface area contributed by atoms with Gasteiger partial charge in [0, 0.05) is 55.5 Å². The second-order valence-electron chi connectivity index (χ2n) is 5.97. The van der Waals surface area contributed by atoms with Crippen molar-refractivity contribution in [2.75, 3.05) is 37.8 Å². The van der Waals surface area contributed by atoms with Crippen LogP contribution in [0.3, 0.4) is 0 Å². The van der Waals surface area contributed by atoms with E-state index in [2.05, 4.69) is 10.2 Å². The van der Waals surface area contributed by atoms with Crippen molar-refractivity contribution in [3.8, 4) is 0 Å². The average Bonchev–Trinajstić information content (AvgIpc) is 3.08. The van der Waals surface area contributed by atoms with E-state index in [0.29, 0.717) is 31.7 Å². The summed E-state index contributed by atoms with van der Waals surface area (Å²) in [7, 11) is 0. The monoisotopic (exact) mass is 341 g/mol. The lowest BCUT2D eigenvalue weighted by Gasteiger charge is -2.39. The molecular formula is C16H21F2N3OS. The first-order valence-corrected chi connectivity index (χ1v) is 9.00. The van der Waals surface area contributed by atoms with Gasteiger partial charge < -0.3 is 4.90 Å². The predicted molar refractivity (Wildman–Crippen MR) is 87.2 cm³/mol. The topological polar surface area (TPSA) is 35.6 Å². The van der Waals surface area contributed by atoms with Gasteiger partial charge in [-0.1, -0.05) is 6.07 Å². The van der Waals surface area contributed by atoms with Crippen molar-refractivity contribution in [3.63, 3.8) is 0 Å². The molecular weight excluding hydrogens is 320 g/mol. The Kier molecular flexibility index (Phi) is 5.18. The average molecular weight is 341 g/mol. The van der Waals surface area contributed by atoms with Gasteiger partial charge in [0.15, 0.2) is 0 Å². The molecule has 0 radical (unpaired) electrons. The summed E-state index contributed by atoms with van der Waals surface area (Å²) in [5, 5.41) is 3.20. The van der Waals surface area contributed by atoms with Gasteiger partial charge in [-0.15, -0.1) is 11.8 Å². The molecule has 2 fully saturated rings. The van der Waals surface area contributed by atoms with Crippen LogP contribution in [0, 0.1) is 11.6 Å². The highest BCUT2D eigenvalue weighted by molar-refractivity contribution is 7.99. The molecule has 1 aromatic rings. The molecule has 0 aliphatic carbocycles. The summed E-state index contributed by atoms with van der Waals surface area (Å²) in [6.45, 7) is 4.61. The first-order valence-electron chi connectivity index (χ1n) is 7.85. The molecule has 2 heterocycles. The van der Waals surface area contributed by atoms with Crippen LogP contribution in [0.2, 0.25) is 0 Å². The zero-order chi connectivity index (χ0) is 16.4. The molecule has 4 nitrogen and oxygen atoms in total. The van der Waals surface area contributed by atoms with Crippen LogP contribution in [0.15, 0.2) is 18.2 Å². The Morgan fingerprint density at radius 2 is 2.04 bits per heavy atom. The number of hydrogen-bond acceptors (Lipinski definition) is 4. The minimum Gasteiger partial charge on any atom is -0.339 e. The van der Waals surface area contributed by atoms with E-state index in [1.54, 1.807) is 11.8 Å². The quantitative estimate of drug-likeness (QED) is 0.910. The summed E-state index contributed by atoms with van der Waals surface area (Å²) in [6, 6.07) is 3.52. The molecule has 0 saturated carbocycles. The molecule has 2 aliphatic rings. The molecule has 1 N–H and O–H groups in total. The molecule has 23 heavy (non-hydrogen) atoms. The minimum absolute atomic E-state index is 0.0708. The van der Waals surface area contributed by atoms with Gasteiger partial charge in [-0.05, 0) is 13.0 Å². The van der Waals surface area contributed by atoms with E-state index in [1.165, 1.54) is 12.1 Å². The fourth-order valence-electron chi connectivity index (χ4n) is 3.14. The number of halogens is 2. The second kappa shape index (κ2) is 7.15. The summed E-state index contributed by atoms with van der Waals surface area (Å²) in [4.78, 5) is 16.4. The number of benzene rings is 1. The Hall–Kier alpha value is -1.18. The lowest BCUT2D eigenvalue weighted by atomic mass is 10.0. The largest absolute Gasteiger partial charge is 0.339 e. The van der Waals surface area contributed by atoms with Crippen LogP contribution in [-0.2, 0) is 4.79 Å². The van der Waals surface area contributed by atoms with Crippen molar-refractivity contribution < 1.29 is 13.6 Å². The zero-order valence-electron chi connectivity index (χ0n) is 13.1. The molecule has 1 amide bonds. The van der Waals surface area contributed by atoms with E-state index in [9.17, 15) is 13.6 Å². The molecule has 2 saturated heterocycles. The van der Waals surface area contributed by atoms with Crippen LogP contribution in [0.5, 0.6) is 0 Å². The van der Waals surface area contributed by atoms with Gasteiger partial charge in [0.25, 0.3) is 0 Å². The number of rotatable bonds is 3. The SMILES string of the molecule is CC(c1ccc(F)cc1F)N1CCN(C(=O)C2CSCN2)CC1. The molecule has 0 spiro atoms. The fourth-order valence-corrected chi connectivity index (χ4v) is 4.07. The highest BCUT2D eigenvalue weighted by Gasteiger charge is 2.31.